The SMILES string of the molecule is Cc1cc(CNc2cc3c(cc2N)CCC(=O)N3)on1. The second-order valence-corrected chi connectivity index (χ2v) is 4.93. The molecule has 2 aromatic rings. The molecule has 0 unspecified atom stereocenters. The third-order valence-electron chi connectivity index (χ3n) is 3.30. The van der Waals surface area contributed by atoms with Gasteiger partial charge in [-0.25, -0.2) is 0 Å². The maximum Gasteiger partial charge on any atom is 0.224 e. The quantitative estimate of drug-likeness (QED) is 0.744. The van der Waals surface area contributed by atoms with E-state index in [-0.39, 0.29) is 5.91 Å². The summed E-state index contributed by atoms with van der Waals surface area (Å²) in [5.74, 6) is 0.780. The van der Waals surface area contributed by atoms with E-state index >= 15 is 0 Å². The molecule has 1 aliphatic heterocycles. The first kappa shape index (κ1) is 12.5. The van der Waals surface area contributed by atoms with E-state index in [0.29, 0.717) is 18.7 Å². The van der Waals surface area contributed by atoms with Crippen molar-refractivity contribution in [2.45, 2.75) is 26.3 Å². The maximum atomic E-state index is 11.4. The second-order valence-electron chi connectivity index (χ2n) is 4.93. The molecule has 0 radical (unpaired) electrons. The normalized spacial score (nSPS) is 13.8. The number of nitrogens with two attached hydrogens (primary N) is 1. The molecule has 4 N–H and O–H groups in total. The number of hydrogen-bond donors (Lipinski definition) is 3. The number of nitrogens with zero attached hydrogens (tertiary/aromatic N) is 1. The molecular formula is C14H16N4O2. The summed E-state index contributed by atoms with van der Waals surface area (Å²) < 4.78 is 5.13. The van der Waals surface area contributed by atoms with Crippen LogP contribution in [-0.4, -0.2) is 11.1 Å². The zero-order chi connectivity index (χ0) is 14.1. The smallest absolute Gasteiger partial charge is 0.224 e. The molecule has 2 heterocycles. The average Bonchev–Trinajstić information content (AvgIpc) is 2.83. The van der Waals surface area contributed by atoms with Gasteiger partial charge in [0.05, 0.1) is 23.6 Å². The Morgan fingerprint density at radius 3 is 3.00 bits per heavy atom. The molecule has 0 saturated heterocycles. The van der Waals surface area contributed by atoms with Crippen LogP contribution in [0.3, 0.4) is 0 Å². The van der Waals surface area contributed by atoms with Crippen LogP contribution < -0.4 is 16.4 Å². The number of fused-ring (bicyclic) bond motifs is 1. The molecule has 1 aromatic heterocycles. The van der Waals surface area contributed by atoms with Gasteiger partial charge in [0.15, 0.2) is 5.76 Å². The number of nitrogens with one attached hydrogen (secondary N) is 2. The van der Waals surface area contributed by atoms with Gasteiger partial charge in [-0.2, -0.15) is 0 Å². The Hall–Kier alpha value is -2.50. The van der Waals surface area contributed by atoms with Crippen molar-refractivity contribution < 1.29 is 9.32 Å². The van der Waals surface area contributed by atoms with Gasteiger partial charge in [0, 0.05) is 18.2 Å². The zero-order valence-corrected chi connectivity index (χ0v) is 11.2. The highest BCUT2D eigenvalue weighted by molar-refractivity contribution is 5.95. The molecule has 0 atom stereocenters. The lowest BCUT2D eigenvalue weighted by atomic mass is 10.0. The summed E-state index contributed by atoms with van der Waals surface area (Å²) in [6.07, 6.45) is 1.24. The van der Waals surface area contributed by atoms with Crippen molar-refractivity contribution in [2.75, 3.05) is 16.4 Å². The number of aryl methyl sites for hydroxylation is 2. The molecule has 104 valence electrons. The minimum absolute atomic E-state index is 0.0408. The predicted molar refractivity (Wildman–Crippen MR) is 76.4 cm³/mol. The van der Waals surface area contributed by atoms with Gasteiger partial charge in [-0.3, -0.25) is 4.79 Å². The number of anilines is 3. The van der Waals surface area contributed by atoms with Gasteiger partial charge in [0.2, 0.25) is 5.91 Å². The molecule has 1 amide bonds. The Kier molecular flexibility index (Phi) is 3.06. The van der Waals surface area contributed by atoms with Crippen molar-refractivity contribution >= 4 is 23.0 Å². The fourth-order valence-corrected chi connectivity index (χ4v) is 2.28. The van der Waals surface area contributed by atoms with Crippen molar-refractivity contribution in [3.63, 3.8) is 0 Å². The Balaban J connectivity index is 1.79. The second kappa shape index (κ2) is 4.88. The van der Waals surface area contributed by atoms with Crippen molar-refractivity contribution in [3.05, 3.63) is 35.2 Å². The Labute approximate surface area is 116 Å². The molecule has 0 bridgehead atoms. The van der Waals surface area contributed by atoms with E-state index in [9.17, 15) is 4.79 Å². The van der Waals surface area contributed by atoms with Gasteiger partial charge in [-0.15, -0.1) is 0 Å². The monoisotopic (exact) mass is 272 g/mol. The van der Waals surface area contributed by atoms with Crippen molar-refractivity contribution in [1.29, 1.82) is 0 Å². The van der Waals surface area contributed by atoms with Crippen LogP contribution in [-0.2, 0) is 17.8 Å². The standard InChI is InChI=1S/C14H16N4O2/c1-8-4-10(20-18-8)7-16-13-6-12-9(5-11(13)15)2-3-14(19)17-12/h4-6,16H,2-3,7,15H2,1H3,(H,17,19). The van der Waals surface area contributed by atoms with E-state index in [1.54, 1.807) is 0 Å². The molecular weight excluding hydrogens is 256 g/mol. The Bertz CT molecular complexity index is 663. The summed E-state index contributed by atoms with van der Waals surface area (Å²) in [5.41, 5.74) is 10.2. The third kappa shape index (κ3) is 2.45. The first-order chi connectivity index (χ1) is 9.61. The fraction of sp³-hybridized carbons (Fsp3) is 0.286. The molecule has 0 aliphatic carbocycles. The van der Waals surface area contributed by atoms with Crippen LogP contribution in [0, 0.1) is 6.92 Å². The number of carbonyl (C=O) groups excluding carboxylic acids is 1. The van der Waals surface area contributed by atoms with Gasteiger partial charge in [0.1, 0.15) is 0 Å². The number of hydrogen-bond acceptors (Lipinski definition) is 5. The lowest BCUT2D eigenvalue weighted by Crippen LogP contribution is -2.19. The van der Waals surface area contributed by atoms with Gasteiger partial charge in [0.25, 0.3) is 0 Å². The van der Waals surface area contributed by atoms with Crippen LogP contribution in [0.25, 0.3) is 0 Å². The Morgan fingerprint density at radius 2 is 2.25 bits per heavy atom. The summed E-state index contributed by atoms with van der Waals surface area (Å²) in [6.45, 7) is 2.37. The molecule has 20 heavy (non-hydrogen) atoms. The van der Waals surface area contributed by atoms with E-state index < -0.39 is 0 Å². The number of carbonyl (C=O) groups is 1. The summed E-state index contributed by atoms with van der Waals surface area (Å²) in [7, 11) is 0. The summed E-state index contributed by atoms with van der Waals surface area (Å²) in [5, 5.41) is 9.89. The highest BCUT2D eigenvalue weighted by atomic mass is 16.5. The summed E-state index contributed by atoms with van der Waals surface area (Å²) >= 11 is 0. The molecule has 6 nitrogen and oxygen atoms in total. The van der Waals surface area contributed by atoms with Gasteiger partial charge in [-0.05, 0) is 31.0 Å². The largest absolute Gasteiger partial charge is 0.397 e. The first-order valence-electron chi connectivity index (χ1n) is 6.50. The number of aromatic nitrogens is 1. The lowest BCUT2D eigenvalue weighted by molar-refractivity contribution is -0.116. The fourth-order valence-electron chi connectivity index (χ4n) is 2.28. The molecule has 0 spiro atoms. The summed E-state index contributed by atoms with van der Waals surface area (Å²) in [4.78, 5) is 11.4. The molecule has 1 aliphatic rings. The highest BCUT2D eigenvalue weighted by Crippen LogP contribution is 2.31. The predicted octanol–water partition coefficient (Wildman–Crippen LogP) is 2.06. The molecule has 3 rings (SSSR count). The molecule has 6 heteroatoms. The Morgan fingerprint density at radius 1 is 1.40 bits per heavy atom. The molecule has 1 aromatic carbocycles. The van der Waals surface area contributed by atoms with E-state index in [2.05, 4.69) is 15.8 Å². The van der Waals surface area contributed by atoms with Crippen LogP contribution in [0.15, 0.2) is 22.7 Å². The number of nitrogen functional groups attached to an aromatic ring is 1. The van der Waals surface area contributed by atoms with Crippen molar-refractivity contribution in [2.24, 2.45) is 0 Å². The maximum absolute atomic E-state index is 11.4. The van der Waals surface area contributed by atoms with Gasteiger partial charge >= 0.3 is 0 Å². The van der Waals surface area contributed by atoms with Crippen LogP contribution in [0.5, 0.6) is 0 Å². The van der Waals surface area contributed by atoms with Crippen LogP contribution in [0.2, 0.25) is 0 Å². The van der Waals surface area contributed by atoms with Gasteiger partial charge in [-0.1, -0.05) is 5.16 Å². The van der Waals surface area contributed by atoms with Crippen LogP contribution in [0.1, 0.15) is 23.4 Å². The van der Waals surface area contributed by atoms with Crippen molar-refractivity contribution in [1.82, 2.24) is 5.16 Å². The van der Waals surface area contributed by atoms with Gasteiger partial charge < -0.3 is 20.9 Å². The number of amides is 1. The van der Waals surface area contributed by atoms with Crippen molar-refractivity contribution in [3.8, 4) is 0 Å². The van der Waals surface area contributed by atoms with E-state index in [1.165, 1.54) is 0 Å². The third-order valence-corrected chi connectivity index (χ3v) is 3.30. The lowest BCUT2D eigenvalue weighted by Gasteiger charge is -2.19. The zero-order valence-electron chi connectivity index (χ0n) is 11.2. The topological polar surface area (TPSA) is 93.2 Å². The van der Waals surface area contributed by atoms with E-state index in [4.69, 9.17) is 10.3 Å². The summed E-state index contributed by atoms with van der Waals surface area (Å²) in [6, 6.07) is 5.64. The van der Waals surface area contributed by atoms with Crippen LogP contribution in [0.4, 0.5) is 17.1 Å². The minimum Gasteiger partial charge on any atom is -0.397 e. The molecule has 0 saturated carbocycles. The highest BCUT2D eigenvalue weighted by Gasteiger charge is 2.16. The van der Waals surface area contributed by atoms with E-state index in [1.807, 2.05) is 25.1 Å². The van der Waals surface area contributed by atoms with E-state index in [0.717, 1.165) is 34.8 Å². The number of benzene rings is 1. The average molecular weight is 272 g/mol. The minimum atomic E-state index is 0.0408. The molecule has 0 fully saturated rings. The first-order valence-corrected chi connectivity index (χ1v) is 6.50. The number of rotatable bonds is 3. The van der Waals surface area contributed by atoms with Crippen LogP contribution >= 0.6 is 0 Å².